The third-order valence-electron chi connectivity index (χ3n) is 4.47. The summed E-state index contributed by atoms with van der Waals surface area (Å²) in [5, 5.41) is 2.65. The molecule has 1 aromatic rings. The van der Waals surface area contributed by atoms with Crippen LogP contribution in [0.3, 0.4) is 0 Å². The Balaban J connectivity index is 1.77. The van der Waals surface area contributed by atoms with Crippen LogP contribution in [-0.4, -0.2) is 48.8 Å². The van der Waals surface area contributed by atoms with Crippen molar-refractivity contribution in [2.45, 2.75) is 42.9 Å². The molecule has 0 bridgehead atoms. The van der Waals surface area contributed by atoms with Crippen LogP contribution in [0.25, 0.3) is 0 Å². The molecule has 0 radical (unpaired) electrons. The quantitative estimate of drug-likeness (QED) is 0.804. The highest BCUT2D eigenvalue weighted by Gasteiger charge is 2.40. The number of rotatable bonds is 7. The highest BCUT2D eigenvalue weighted by molar-refractivity contribution is 8.01. The second-order valence-corrected chi connectivity index (χ2v) is 7.79. The zero-order chi connectivity index (χ0) is 18.0. The molecule has 2 amide bonds. The van der Waals surface area contributed by atoms with Crippen molar-refractivity contribution in [2.75, 3.05) is 20.8 Å². The molecule has 3 rings (SSSR count). The van der Waals surface area contributed by atoms with Crippen molar-refractivity contribution in [3.05, 3.63) is 23.8 Å². The van der Waals surface area contributed by atoms with Gasteiger partial charge in [-0.25, -0.2) is 0 Å². The van der Waals surface area contributed by atoms with Gasteiger partial charge in [-0.2, -0.15) is 0 Å². The molecule has 0 aromatic heterocycles. The molecule has 1 N–H and O–H groups in total. The molecule has 25 heavy (non-hydrogen) atoms. The number of hydrogen-bond donors (Lipinski definition) is 1. The SMILES string of the molecule is COc1ccc(OC)c([C@H]2S[C@H](C)C(=O)N2CCC(=O)NC2CC2)c1. The van der Waals surface area contributed by atoms with Crippen molar-refractivity contribution >= 4 is 23.6 Å². The lowest BCUT2D eigenvalue weighted by Gasteiger charge is -2.25. The highest BCUT2D eigenvalue weighted by Crippen LogP contribution is 2.46. The lowest BCUT2D eigenvalue weighted by Crippen LogP contribution is -2.35. The summed E-state index contributed by atoms with van der Waals surface area (Å²) in [6.45, 7) is 2.30. The van der Waals surface area contributed by atoms with E-state index in [1.54, 1.807) is 30.9 Å². The van der Waals surface area contributed by atoms with Crippen LogP contribution in [0.1, 0.15) is 37.1 Å². The Labute approximate surface area is 152 Å². The predicted octanol–water partition coefficient (Wildman–Crippen LogP) is 2.33. The Morgan fingerprint density at radius 2 is 2.08 bits per heavy atom. The van der Waals surface area contributed by atoms with Crippen LogP contribution in [0.15, 0.2) is 18.2 Å². The van der Waals surface area contributed by atoms with Crippen LogP contribution in [-0.2, 0) is 9.59 Å². The number of benzene rings is 1. The predicted molar refractivity (Wildman–Crippen MR) is 96.8 cm³/mol. The molecule has 136 valence electrons. The summed E-state index contributed by atoms with van der Waals surface area (Å²) in [4.78, 5) is 26.4. The minimum Gasteiger partial charge on any atom is -0.497 e. The average Bonchev–Trinajstić information content (AvgIpc) is 3.38. The first-order valence-electron chi connectivity index (χ1n) is 8.50. The maximum atomic E-state index is 12.6. The van der Waals surface area contributed by atoms with E-state index < -0.39 is 0 Å². The van der Waals surface area contributed by atoms with E-state index in [-0.39, 0.29) is 22.4 Å². The second-order valence-electron chi connectivity index (χ2n) is 6.36. The standard InChI is InChI=1S/C18H24N2O4S/c1-11-17(22)20(9-8-16(21)19-12-4-5-12)18(25-11)14-10-13(23-2)6-7-15(14)24-3/h6-7,10-12,18H,4-5,8-9H2,1-3H3,(H,19,21)/t11-,18-/m1/s1. The summed E-state index contributed by atoms with van der Waals surface area (Å²) in [5.74, 6) is 1.50. The topological polar surface area (TPSA) is 67.9 Å². The van der Waals surface area contributed by atoms with Crippen molar-refractivity contribution in [1.29, 1.82) is 0 Å². The fraction of sp³-hybridized carbons (Fsp3) is 0.556. The zero-order valence-corrected chi connectivity index (χ0v) is 15.6. The minimum absolute atomic E-state index is 0.0104. The van der Waals surface area contributed by atoms with Crippen LogP contribution in [0.5, 0.6) is 11.5 Å². The Hall–Kier alpha value is -1.89. The van der Waals surface area contributed by atoms with Gasteiger partial charge in [0.1, 0.15) is 16.9 Å². The summed E-state index contributed by atoms with van der Waals surface area (Å²) in [5.41, 5.74) is 0.896. The van der Waals surface area contributed by atoms with E-state index in [1.807, 2.05) is 25.1 Å². The number of methoxy groups -OCH3 is 2. The Morgan fingerprint density at radius 3 is 2.72 bits per heavy atom. The molecule has 1 heterocycles. The molecule has 2 atom stereocenters. The number of carbonyl (C=O) groups excluding carboxylic acids is 2. The van der Waals surface area contributed by atoms with Crippen LogP contribution in [0, 0.1) is 0 Å². The molecular weight excluding hydrogens is 340 g/mol. The molecule has 1 aliphatic heterocycles. The normalized spacial score (nSPS) is 22.8. The lowest BCUT2D eigenvalue weighted by molar-refractivity contribution is -0.130. The van der Waals surface area contributed by atoms with E-state index in [4.69, 9.17) is 9.47 Å². The molecule has 0 spiro atoms. The summed E-state index contributed by atoms with van der Waals surface area (Å²) in [6.07, 6.45) is 2.44. The van der Waals surface area contributed by atoms with E-state index >= 15 is 0 Å². The van der Waals surface area contributed by atoms with E-state index in [0.717, 1.165) is 24.2 Å². The first-order chi connectivity index (χ1) is 12.0. The molecule has 7 heteroatoms. The molecule has 1 aromatic carbocycles. The molecule has 2 fully saturated rings. The van der Waals surface area contributed by atoms with E-state index in [2.05, 4.69) is 5.32 Å². The maximum absolute atomic E-state index is 12.6. The molecular formula is C18H24N2O4S. The molecule has 1 saturated heterocycles. The van der Waals surface area contributed by atoms with Crippen LogP contribution < -0.4 is 14.8 Å². The van der Waals surface area contributed by atoms with Crippen molar-refractivity contribution in [1.82, 2.24) is 10.2 Å². The van der Waals surface area contributed by atoms with Crippen molar-refractivity contribution in [3.8, 4) is 11.5 Å². The fourth-order valence-electron chi connectivity index (χ4n) is 2.92. The largest absolute Gasteiger partial charge is 0.497 e. The van der Waals surface area contributed by atoms with Gasteiger partial charge in [0.25, 0.3) is 0 Å². The summed E-state index contributed by atoms with van der Waals surface area (Å²) in [7, 11) is 3.23. The van der Waals surface area contributed by atoms with Gasteiger partial charge in [0.15, 0.2) is 0 Å². The molecule has 0 unspecified atom stereocenters. The molecule has 1 saturated carbocycles. The summed E-state index contributed by atoms with van der Waals surface area (Å²) < 4.78 is 10.8. The monoisotopic (exact) mass is 364 g/mol. The second kappa shape index (κ2) is 7.56. The Kier molecular flexibility index (Phi) is 5.42. The number of nitrogens with zero attached hydrogens (tertiary/aromatic N) is 1. The molecule has 6 nitrogen and oxygen atoms in total. The van der Waals surface area contributed by atoms with Gasteiger partial charge in [0.05, 0.1) is 19.5 Å². The summed E-state index contributed by atoms with van der Waals surface area (Å²) >= 11 is 1.57. The zero-order valence-electron chi connectivity index (χ0n) is 14.8. The van der Waals surface area contributed by atoms with Gasteiger partial charge >= 0.3 is 0 Å². The van der Waals surface area contributed by atoms with Gasteiger partial charge in [-0.1, -0.05) is 0 Å². The van der Waals surface area contributed by atoms with Gasteiger partial charge in [0, 0.05) is 24.6 Å². The first-order valence-corrected chi connectivity index (χ1v) is 9.45. The van der Waals surface area contributed by atoms with Crippen molar-refractivity contribution in [3.63, 3.8) is 0 Å². The maximum Gasteiger partial charge on any atom is 0.236 e. The first kappa shape index (κ1) is 17.9. The number of ether oxygens (including phenoxy) is 2. The highest BCUT2D eigenvalue weighted by atomic mass is 32.2. The average molecular weight is 364 g/mol. The molecule has 1 aliphatic carbocycles. The van der Waals surface area contributed by atoms with E-state index in [9.17, 15) is 9.59 Å². The van der Waals surface area contributed by atoms with Crippen LogP contribution in [0.2, 0.25) is 0 Å². The summed E-state index contributed by atoms with van der Waals surface area (Å²) in [6, 6.07) is 5.92. The lowest BCUT2D eigenvalue weighted by atomic mass is 10.1. The van der Waals surface area contributed by atoms with Gasteiger partial charge in [-0.3, -0.25) is 9.59 Å². The Bertz CT molecular complexity index is 662. The molecule has 2 aliphatic rings. The van der Waals surface area contributed by atoms with Crippen LogP contribution in [0.4, 0.5) is 0 Å². The number of nitrogens with one attached hydrogen (secondary N) is 1. The van der Waals surface area contributed by atoms with Crippen molar-refractivity contribution < 1.29 is 19.1 Å². The fourth-order valence-corrected chi connectivity index (χ4v) is 4.25. The van der Waals surface area contributed by atoms with Gasteiger partial charge in [-0.15, -0.1) is 11.8 Å². The van der Waals surface area contributed by atoms with Gasteiger partial charge < -0.3 is 19.7 Å². The minimum atomic E-state index is -0.179. The van der Waals surface area contributed by atoms with E-state index in [1.165, 1.54) is 0 Å². The van der Waals surface area contributed by atoms with Gasteiger partial charge in [0.2, 0.25) is 11.8 Å². The number of carbonyl (C=O) groups is 2. The smallest absolute Gasteiger partial charge is 0.236 e. The van der Waals surface area contributed by atoms with Gasteiger partial charge in [-0.05, 0) is 38.0 Å². The Morgan fingerprint density at radius 1 is 1.32 bits per heavy atom. The number of hydrogen-bond acceptors (Lipinski definition) is 5. The number of amides is 2. The number of thioether (sulfide) groups is 1. The van der Waals surface area contributed by atoms with E-state index in [0.29, 0.717) is 24.8 Å². The third kappa shape index (κ3) is 4.03. The van der Waals surface area contributed by atoms with Crippen molar-refractivity contribution in [2.24, 2.45) is 0 Å². The third-order valence-corrected chi connectivity index (χ3v) is 5.85. The van der Waals surface area contributed by atoms with Crippen LogP contribution >= 0.6 is 11.8 Å².